The number of benzene rings is 2. The van der Waals surface area contributed by atoms with E-state index in [0.29, 0.717) is 11.4 Å². The predicted molar refractivity (Wildman–Crippen MR) is 115 cm³/mol. The van der Waals surface area contributed by atoms with Gasteiger partial charge in [-0.25, -0.2) is 9.36 Å². The molecule has 0 radical (unpaired) electrons. The molecule has 0 fully saturated rings. The first-order chi connectivity index (χ1) is 15.9. The van der Waals surface area contributed by atoms with Crippen LogP contribution in [0.25, 0.3) is 22.8 Å². The molecule has 0 aliphatic heterocycles. The molecule has 33 heavy (non-hydrogen) atoms. The van der Waals surface area contributed by atoms with E-state index in [9.17, 15) is 18.0 Å². The molecule has 4 rings (SSSR count). The van der Waals surface area contributed by atoms with Gasteiger partial charge in [0.05, 0.1) is 41.6 Å². The number of hydrogen-bond acceptors (Lipinski definition) is 5. The van der Waals surface area contributed by atoms with Crippen molar-refractivity contribution in [2.75, 3.05) is 20.3 Å². The van der Waals surface area contributed by atoms with Crippen molar-refractivity contribution >= 4 is 0 Å². The minimum absolute atomic E-state index is 0.0244. The lowest BCUT2D eigenvalue weighted by molar-refractivity contribution is -0.137. The van der Waals surface area contributed by atoms with Crippen LogP contribution in [0.5, 0.6) is 5.75 Å². The zero-order valence-electron chi connectivity index (χ0n) is 17.5. The van der Waals surface area contributed by atoms with Crippen molar-refractivity contribution in [3.8, 4) is 28.5 Å². The maximum absolute atomic E-state index is 13.2. The number of alkyl halides is 3. The monoisotopic (exact) mass is 456 g/mol. The Kier molecular flexibility index (Phi) is 6.27. The highest BCUT2D eigenvalue weighted by Gasteiger charge is 2.30. The first-order valence-corrected chi connectivity index (χ1v) is 9.91. The molecular formula is C23H19F3N4O3. The van der Waals surface area contributed by atoms with E-state index in [4.69, 9.17) is 9.47 Å². The fourth-order valence-electron chi connectivity index (χ4n) is 3.19. The highest BCUT2D eigenvalue weighted by atomic mass is 19.4. The fourth-order valence-corrected chi connectivity index (χ4v) is 3.19. The maximum Gasteiger partial charge on any atom is 0.416 e. The Balaban J connectivity index is 1.88. The highest BCUT2D eigenvalue weighted by molar-refractivity contribution is 5.59. The van der Waals surface area contributed by atoms with Gasteiger partial charge in [-0.05, 0) is 36.4 Å². The van der Waals surface area contributed by atoms with Gasteiger partial charge in [0.15, 0.2) is 11.4 Å². The molecule has 0 saturated carbocycles. The Morgan fingerprint density at radius 3 is 2.45 bits per heavy atom. The van der Waals surface area contributed by atoms with E-state index in [1.54, 1.807) is 18.2 Å². The summed E-state index contributed by atoms with van der Waals surface area (Å²) in [6.45, 7) is 0.304. The summed E-state index contributed by atoms with van der Waals surface area (Å²) in [4.78, 5) is 13.2. The summed E-state index contributed by atoms with van der Waals surface area (Å²) >= 11 is 0. The summed E-state index contributed by atoms with van der Waals surface area (Å²) in [5.74, 6) is -0.0738. The molecule has 2 aromatic heterocycles. The van der Waals surface area contributed by atoms with E-state index >= 15 is 0 Å². The highest BCUT2D eigenvalue weighted by Crippen LogP contribution is 2.30. The normalized spacial score (nSPS) is 11.5. The maximum atomic E-state index is 13.2. The van der Waals surface area contributed by atoms with Crippen molar-refractivity contribution in [2.24, 2.45) is 0 Å². The summed E-state index contributed by atoms with van der Waals surface area (Å²) in [5, 5.41) is 8.62. The topological polar surface area (TPSA) is 71.2 Å². The standard InChI is InChI=1S/C23H19F3N4O3/c1-32-12-13-33-20-15-29(18-9-5-6-16(14-18)23(24,25)26)28-21(22(20)31)19-10-11-27-30(19)17-7-3-2-4-8-17/h2-11,14-15H,12-13H2,1H3. The summed E-state index contributed by atoms with van der Waals surface area (Å²) in [6, 6.07) is 15.4. The van der Waals surface area contributed by atoms with Gasteiger partial charge in [0.25, 0.3) is 5.43 Å². The Bertz CT molecular complexity index is 1300. The molecular weight excluding hydrogens is 437 g/mol. The van der Waals surface area contributed by atoms with Crippen LogP contribution in [0.3, 0.4) is 0 Å². The van der Waals surface area contributed by atoms with Crippen molar-refractivity contribution < 1.29 is 22.6 Å². The second-order valence-electron chi connectivity index (χ2n) is 6.97. The van der Waals surface area contributed by atoms with E-state index in [0.717, 1.165) is 12.1 Å². The van der Waals surface area contributed by atoms with E-state index < -0.39 is 17.2 Å². The Labute approximate surface area is 186 Å². The minimum Gasteiger partial charge on any atom is -0.485 e. The quantitative estimate of drug-likeness (QED) is 0.391. The van der Waals surface area contributed by atoms with Crippen LogP contribution in [0.1, 0.15) is 5.56 Å². The Hall–Kier alpha value is -3.92. The molecule has 0 unspecified atom stereocenters. The number of nitrogens with zero attached hydrogens (tertiary/aromatic N) is 4. The van der Waals surface area contributed by atoms with Gasteiger partial charge in [0, 0.05) is 7.11 Å². The molecule has 0 aliphatic carbocycles. The molecule has 0 spiro atoms. The molecule has 170 valence electrons. The summed E-state index contributed by atoms with van der Waals surface area (Å²) in [5.41, 5.74) is -0.207. The first-order valence-electron chi connectivity index (χ1n) is 9.91. The van der Waals surface area contributed by atoms with E-state index in [-0.39, 0.29) is 30.3 Å². The van der Waals surface area contributed by atoms with Gasteiger partial charge in [-0.15, -0.1) is 0 Å². The van der Waals surface area contributed by atoms with Gasteiger partial charge in [-0.1, -0.05) is 24.3 Å². The number of methoxy groups -OCH3 is 1. The van der Waals surface area contributed by atoms with Crippen LogP contribution in [0.2, 0.25) is 0 Å². The van der Waals surface area contributed by atoms with Crippen LogP contribution >= 0.6 is 0 Å². The second kappa shape index (κ2) is 9.29. The summed E-state index contributed by atoms with van der Waals surface area (Å²) in [7, 11) is 1.49. The molecule has 4 aromatic rings. The van der Waals surface area contributed by atoms with Gasteiger partial charge < -0.3 is 9.47 Å². The zero-order valence-corrected chi connectivity index (χ0v) is 17.5. The van der Waals surface area contributed by atoms with Crippen molar-refractivity contribution in [3.05, 3.63) is 88.8 Å². The van der Waals surface area contributed by atoms with E-state index in [1.165, 1.54) is 41.0 Å². The molecule has 0 atom stereocenters. The number of aromatic nitrogens is 4. The molecule has 2 aromatic carbocycles. The van der Waals surface area contributed by atoms with Crippen molar-refractivity contribution in [2.45, 2.75) is 6.18 Å². The van der Waals surface area contributed by atoms with Gasteiger partial charge in [0.1, 0.15) is 6.61 Å². The number of ether oxygens (including phenoxy) is 2. The average Bonchev–Trinajstić information content (AvgIpc) is 3.30. The van der Waals surface area contributed by atoms with Gasteiger partial charge in [-0.2, -0.15) is 23.4 Å². The third kappa shape index (κ3) is 4.80. The Morgan fingerprint density at radius 2 is 1.73 bits per heavy atom. The van der Waals surface area contributed by atoms with E-state index in [2.05, 4.69) is 10.2 Å². The zero-order chi connectivity index (χ0) is 23.4. The van der Waals surface area contributed by atoms with Crippen molar-refractivity contribution in [1.29, 1.82) is 0 Å². The van der Waals surface area contributed by atoms with Gasteiger partial charge in [-0.3, -0.25) is 4.79 Å². The van der Waals surface area contributed by atoms with Crippen LogP contribution in [0.15, 0.2) is 77.9 Å². The lowest BCUT2D eigenvalue weighted by Crippen LogP contribution is -2.20. The number of rotatable bonds is 7. The predicted octanol–water partition coefficient (Wildman–Crippen LogP) is 4.13. The number of halogens is 3. The molecule has 2 heterocycles. The van der Waals surface area contributed by atoms with E-state index in [1.807, 2.05) is 18.2 Å². The van der Waals surface area contributed by atoms with Gasteiger partial charge in [0.2, 0.25) is 0 Å². The molecule has 10 heteroatoms. The molecule has 0 aliphatic rings. The SMILES string of the molecule is COCCOc1cn(-c2cccc(C(F)(F)F)c2)nc(-c2ccnn2-c2ccccc2)c1=O. The van der Waals surface area contributed by atoms with Crippen LogP contribution in [0, 0.1) is 0 Å². The third-order valence-electron chi connectivity index (χ3n) is 4.76. The molecule has 7 nitrogen and oxygen atoms in total. The van der Waals surface area contributed by atoms with Crippen molar-refractivity contribution in [1.82, 2.24) is 19.6 Å². The molecule has 0 amide bonds. The van der Waals surface area contributed by atoms with Gasteiger partial charge >= 0.3 is 6.18 Å². The average molecular weight is 456 g/mol. The second-order valence-corrected chi connectivity index (χ2v) is 6.97. The molecule has 0 bridgehead atoms. The summed E-state index contributed by atoms with van der Waals surface area (Å²) < 4.78 is 53.0. The minimum atomic E-state index is -4.53. The molecule has 0 N–H and O–H groups in total. The van der Waals surface area contributed by atoms with Crippen LogP contribution in [-0.2, 0) is 10.9 Å². The van der Waals surface area contributed by atoms with Crippen molar-refractivity contribution in [3.63, 3.8) is 0 Å². The smallest absolute Gasteiger partial charge is 0.416 e. The van der Waals surface area contributed by atoms with Crippen LogP contribution < -0.4 is 10.2 Å². The summed E-state index contributed by atoms with van der Waals surface area (Å²) in [6.07, 6.45) is -1.75. The van der Waals surface area contributed by atoms with Crippen LogP contribution in [-0.4, -0.2) is 39.9 Å². The first kappa shape index (κ1) is 22.3. The van der Waals surface area contributed by atoms with Crippen LogP contribution in [0.4, 0.5) is 13.2 Å². The molecule has 0 saturated heterocycles. The third-order valence-corrected chi connectivity index (χ3v) is 4.76. The Morgan fingerprint density at radius 1 is 0.970 bits per heavy atom. The number of hydrogen-bond donors (Lipinski definition) is 0. The largest absolute Gasteiger partial charge is 0.485 e. The lowest BCUT2D eigenvalue weighted by atomic mass is 10.2. The fraction of sp³-hybridized carbons (Fsp3) is 0.174. The lowest BCUT2D eigenvalue weighted by Gasteiger charge is -2.14. The number of para-hydroxylation sites is 1.